The van der Waals surface area contributed by atoms with Gasteiger partial charge in [-0.15, -0.1) is 0 Å². The standard InChI is InChI=1S/C23H17N3O4S2/c1-17-7-9-20(10-8-17)32(29,30)23-12-11-21(13-22(23)26-16-18(14-24)15-25)31(27,28)19-5-3-2-4-6-19/h2-13,16,26H,1H3. The van der Waals surface area contributed by atoms with E-state index in [-0.39, 0.29) is 30.8 Å². The van der Waals surface area contributed by atoms with Gasteiger partial charge in [0.2, 0.25) is 19.7 Å². The van der Waals surface area contributed by atoms with Crippen molar-refractivity contribution in [1.29, 1.82) is 10.5 Å². The molecule has 3 aromatic carbocycles. The molecule has 0 aliphatic rings. The summed E-state index contributed by atoms with van der Waals surface area (Å²) in [7, 11) is -7.96. The zero-order valence-corrected chi connectivity index (χ0v) is 18.5. The molecule has 0 unspecified atom stereocenters. The van der Waals surface area contributed by atoms with E-state index in [0.717, 1.165) is 11.8 Å². The fourth-order valence-corrected chi connectivity index (χ4v) is 5.55. The average Bonchev–Trinajstić information content (AvgIpc) is 2.80. The molecule has 0 saturated carbocycles. The van der Waals surface area contributed by atoms with Crippen molar-refractivity contribution in [2.75, 3.05) is 5.32 Å². The molecule has 0 heterocycles. The van der Waals surface area contributed by atoms with Crippen molar-refractivity contribution in [3.63, 3.8) is 0 Å². The molecule has 7 nitrogen and oxygen atoms in total. The predicted molar refractivity (Wildman–Crippen MR) is 118 cm³/mol. The van der Waals surface area contributed by atoms with Gasteiger partial charge in [-0.3, -0.25) is 0 Å². The molecule has 32 heavy (non-hydrogen) atoms. The van der Waals surface area contributed by atoms with Gasteiger partial charge in [0.25, 0.3) is 0 Å². The van der Waals surface area contributed by atoms with Crippen LogP contribution in [0.25, 0.3) is 0 Å². The maximum absolute atomic E-state index is 13.2. The van der Waals surface area contributed by atoms with E-state index in [2.05, 4.69) is 5.32 Å². The van der Waals surface area contributed by atoms with E-state index in [9.17, 15) is 16.8 Å². The van der Waals surface area contributed by atoms with Gasteiger partial charge in [0, 0.05) is 6.20 Å². The highest BCUT2D eigenvalue weighted by Crippen LogP contribution is 2.32. The number of aryl methyl sites for hydroxylation is 1. The van der Waals surface area contributed by atoms with Crippen LogP contribution in [-0.4, -0.2) is 16.8 Å². The fraction of sp³-hybridized carbons (Fsp3) is 0.0435. The van der Waals surface area contributed by atoms with Gasteiger partial charge in [-0.25, -0.2) is 16.8 Å². The normalized spacial score (nSPS) is 11.1. The van der Waals surface area contributed by atoms with Crippen LogP contribution >= 0.6 is 0 Å². The molecule has 0 radical (unpaired) electrons. The molecule has 0 amide bonds. The SMILES string of the molecule is Cc1ccc(S(=O)(=O)c2ccc(S(=O)(=O)c3ccccc3)cc2NC=C(C#N)C#N)cc1. The topological polar surface area (TPSA) is 128 Å². The van der Waals surface area contributed by atoms with Crippen LogP contribution in [0.2, 0.25) is 0 Å². The number of allylic oxidation sites excluding steroid dienone is 1. The molecular weight excluding hydrogens is 446 g/mol. The van der Waals surface area contributed by atoms with Crippen LogP contribution in [0.5, 0.6) is 0 Å². The highest BCUT2D eigenvalue weighted by molar-refractivity contribution is 7.92. The Morgan fingerprint density at radius 3 is 1.94 bits per heavy atom. The molecule has 9 heteroatoms. The molecule has 0 aliphatic heterocycles. The first-order valence-electron chi connectivity index (χ1n) is 9.23. The van der Waals surface area contributed by atoms with Gasteiger partial charge in [-0.1, -0.05) is 35.9 Å². The summed E-state index contributed by atoms with van der Waals surface area (Å²) >= 11 is 0. The van der Waals surface area contributed by atoms with Crippen LogP contribution in [-0.2, 0) is 19.7 Å². The van der Waals surface area contributed by atoms with E-state index in [4.69, 9.17) is 10.5 Å². The van der Waals surface area contributed by atoms with Crippen molar-refractivity contribution in [3.05, 3.63) is 90.1 Å². The molecule has 0 aromatic heterocycles. The lowest BCUT2D eigenvalue weighted by molar-refractivity contribution is 0.592. The second kappa shape index (κ2) is 9.06. The Morgan fingerprint density at radius 2 is 1.34 bits per heavy atom. The molecule has 0 fully saturated rings. The minimum Gasteiger partial charge on any atom is -0.359 e. The first-order chi connectivity index (χ1) is 15.2. The maximum Gasteiger partial charge on any atom is 0.208 e. The van der Waals surface area contributed by atoms with Crippen LogP contribution in [0.3, 0.4) is 0 Å². The van der Waals surface area contributed by atoms with Gasteiger partial charge in [0.15, 0.2) is 0 Å². The van der Waals surface area contributed by atoms with Gasteiger partial charge >= 0.3 is 0 Å². The number of anilines is 1. The zero-order chi connectivity index (χ0) is 23.4. The van der Waals surface area contributed by atoms with Gasteiger partial charge in [-0.05, 0) is 49.4 Å². The number of hydrogen-bond acceptors (Lipinski definition) is 7. The minimum absolute atomic E-state index is 0.0228. The summed E-state index contributed by atoms with van der Waals surface area (Å²) in [6.45, 7) is 1.82. The zero-order valence-electron chi connectivity index (χ0n) is 16.8. The molecule has 0 bridgehead atoms. The monoisotopic (exact) mass is 463 g/mol. The number of nitriles is 2. The average molecular weight is 464 g/mol. The molecule has 0 saturated heterocycles. The third kappa shape index (κ3) is 4.54. The van der Waals surface area contributed by atoms with E-state index >= 15 is 0 Å². The predicted octanol–water partition coefficient (Wildman–Crippen LogP) is 4.00. The van der Waals surface area contributed by atoms with Gasteiger partial charge in [-0.2, -0.15) is 10.5 Å². The summed E-state index contributed by atoms with van der Waals surface area (Å²) in [6, 6.07) is 20.8. The summed E-state index contributed by atoms with van der Waals surface area (Å²) in [6.07, 6.45) is 1.03. The Kier molecular flexibility index (Phi) is 6.45. The molecule has 160 valence electrons. The first kappa shape index (κ1) is 22.8. The number of nitrogens with zero attached hydrogens (tertiary/aromatic N) is 2. The van der Waals surface area contributed by atoms with Gasteiger partial charge in [0.1, 0.15) is 17.7 Å². The Morgan fingerprint density at radius 1 is 0.781 bits per heavy atom. The molecule has 0 spiro atoms. The van der Waals surface area contributed by atoms with Crippen LogP contribution in [0.1, 0.15) is 5.56 Å². The summed E-state index contributed by atoms with van der Waals surface area (Å²) in [5.41, 5.74) is 0.493. The summed E-state index contributed by atoms with van der Waals surface area (Å²) in [4.78, 5) is -0.266. The second-order valence-corrected chi connectivity index (χ2v) is 10.6. The summed E-state index contributed by atoms with van der Waals surface area (Å²) in [5, 5.41) is 20.6. The smallest absolute Gasteiger partial charge is 0.208 e. The number of hydrogen-bond donors (Lipinski definition) is 1. The number of benzene rings is 3. The van der Waals surface area contributed by atoms with Crippen molar-refractivity contribution in [2.24, 2.45) is 0 Å². The van der Waals surface area contributed by atoms with Crippen molar-refractivity contribution in [2.45, 2.75) is 26.5 Å². The Bertz CT molecular complexity index is 1460. The van der Waals surface area contributed by atoms with Crippen LogP contribution in [0.15, 0.2) is 104 Å². The number of sulfone groups is 2. The van der Waals surface area contributed by atoms with Crippen LogP contribution < -0.4 is 5.32 Å². The highest BCUT2D eigenvalue weighted by Gasteiger charge is 2.25. The Balaban J connectivity index is 2.20. The van der Waals surface area contributed by atoms with Crippen LogP contribution in [0, 0.1) is 29.6 Å². The van der Waals surface area contributed by atoms with E-state index < -0.39 is 19.7 Å². The van der Waals surface area contributed by atoms with Crippen molar-refractivity contribution < 1.29 is 16.8 Å². The Hall–Kier alpha value is -3.92. The van der Waals surface area contributed by atoms with Crippen LogP contribution in [0.4, 0.5) is 5.69 Å². The largest absolute Gasteiger partial charge is 0.359 e. The van der Waals surface area contributed by atoms with E-state index in [0.29, 0.717) is 0 Å². The van der Waals surface area contributed by atoms with Crippen molar-refractivity contribution in [3.8, 4) is 12.1 Å². The van der Waals surface area contributed by atoms with E-state index in [1.807, 2.05) is 6.92 Å². The highest BCUT2D eigenvalue weighted by atomic mass is 32.2. The van der Waals surface area contributed by atoms with Crippen molar-refractivity contribution in [1.82, 2.24) is 0 Å². The lowest BCUT2D eigenvalue weighted by Gasteiger charge is -2.13. The summed E-state index contributed by atoms with van der Waals surface area (Å²) < 4.78 is 52.5. The maximum atomic E-state index is 13.2. The first-order valence-corrected chi connectivity index (χ1v) is 12.2. The molecule has 0 aliphatic carbocycles. The number of nitrogens with one attached hydrogen (secondary N) is 1. The van der Waals surface area contributed by atoms with E-state index in [1.54, 1.807) is 42.5 Å². The Labute approximate surface area is 186 Å². The number of rotatable bonds is 6. The van der Waals surface area contributed by atoms with E-state index in [1.165, 1.54) is 42.5 Å². The molecule has 3 aromatic rings. The molecule has 3 rings (SSSR count). The van der Waals surface area contributed by atoms with Crippen molar-refractivity contribution >= 4 is 25.4 Å². The third-order valence-corrected chi connectivity index (χ3v) is 8.14. The molecule has 0 atom stereocenters. The second-order valence-electron chi connectivity index (χ2n) is 6.72. The fourth-order valence-electron chi connectivity index (χ4n) is 2.84. The third-order valence-electron chi connectivity index (χ3n) is 4.55. The molecular formula is C23H17N3O4S2. The van der Waals surface area contributed by atoms with Gasteiger partial charge in [0.05, 0.1) is 25.3 Å². The summed E-state index contributed by atoms with van der Waals surface area (Å²) in [5.74, 6) is 0. The van der Waals surface area contributed by atoms with Gasteiger partial charge < -0.3 is 5.32 Å². The quantitative estimate of drug-likeness (QED) is 0.547. The molecule has 1 N–H and O–H groups in total. The lowest BCUT2D eigenvalue weighted by atomic mass is 10.2. The lowest BCUT2D eigenvalue weighted by Crippen LogP contribution is -2.08. The minimum atomic E-state index is -4.03.